The molecule has 0 aliphatic heterocycles. The Labute approximate surface area is 186 Å². The summed E-state index contributed by atoms with van der Waals surface area (Å²) in [7, 11) is -4.21. The molecule has 1 N–H and O–H groups in total. The lowest BCUT2D eigenvalue weighted by Crippen LogP contribution is -2.42. The topological polar surface area (TPSA) is 66.5 Å². The molecule has 32 heavy (non-hydrogen) atoms. The first-order valence-corrected chi connectivity index (χ1v) is 11.5. The molecule has 1 atom stereocenters. The van der Waals surface area contributed by atoms with Crippen LogP contribution in [-0.4, -0.2) is 20.9 Å². The third-order valence-corrected chi connectivity index (χ3v) is 6.81. The fourth-order valence-corrected chi connectivity index (χ4v) is 4.67. The molecule has 0 aromatic heterocycles. The van der Waals surface area contributed by atoms with E-state index in [2.05, 4.69) is 5.32 Å². The van der Waals surface area contributed by atoms with Crippen LogP contribution in [0.3, 0.4) is 0 Å². The van der Waals surface area contributed by atoms with Gasteiger partial charge < -0.3 is 5.32 Å². The van der Waals surface area contributed by atoms with Crippen molar-refractivity contribution in [2.45, 2.75) is 31.2 Å². The van der Waals surface area contributed by atoms with Gasteiger partial charge >= 0.3 is 0 Å². The molecule has 5 nitrogen and oxygen atoms in total. The fourth-order valence-electron chi connectivity index (χ4n) is 3.25. The molecule has 3 rings (SSSR count). The lowest BCUT2D eigenvalue weighted by atomic mass is 10.0. The van der Waals surface area contributed by atoms with Gasteiger partial charge in [-0.05, 0) is 67.4 Å². The molecule has 0 radical (unpaired) electrons. The predicted octanol–water partition coefficient (Wildman–Crippen LogP) is 4.74. The van der Waals surface area contributed by atoms with Crippen molar-refractivity contribution in [3.05, 3.63) is 95.6 Å². The summed E-state index contributed by atoms with van der Waals surface area (Å²) in [5.41, 5.74) is 2.11. The second-order valence-electron chi connectivity index (χ2n) is 7.38. The van der Waals surface area contributed by atoms with Crippen molar-refractivity contribution in [3.8, 4) is 0 Å². The monoisotopic (exact) mass is 458 g/mol. The van der Waals surface area contributed by atoms with Gasteiger partial charge in [0.25, 0.3) is 10.0 Å². The van der Waals surface area contributed by atoms with Crippen LogP contribution in [0.5, 0.6) is 0 Å². The van der Waals surface area contributed by atoms with E-state index in [4.69, 9.17) is 0 Å². The minimum atomic E-state index is -4.21. The molecule has 0 saturated carbocycles. The van der Waals surface area contributed by atoms with Gasteiger partial charge in [0.05, 0.1) is 16.6 Å². The highest BCUT2D eigenvalue weighted by Crippen LogP contribution is 2.25. The summed E-state index contributed by atoms with van der Waals surface area (Å²) in [5, 5.41) is 2.87. The Balaban J connectivity index is 1.89. The number of carbonyl (C=O) groups is 1. The van der Waals surface area contributed by atoms with E-state index in [1.165, 1.54) is 12.1 Å². The van der Waals surface area contributed by atoms with Gasteiger partial charge in [-0.1, -0.05) is 36.8 Å². The van der Waals surface area contributed by atoms with E-state index in [-0.39, 0.29) is 16.6 Å². The molecule has 1 unspecified atom stereocenters. The van der Waals surface area contributed by atoms with Crippen LogP contribution in [0.4, 0.5) is 14.5 Å². The maximum atomic E-state index is 13.4. The van der Waals surface area contributed by atoms with Crippen LogP contribution < -0.4 is 9.62 Å². The number of halogens is 2. The quantitative estimate of drug-likeness (QED) is 0.530. The van der Waals surface area contributed by atoms with Gasteiger partial charge in [-0.3, -0.25) is 9.10 Å². The van der Waals surface area contributed by atoms with Crippen LogP contribution in [0.15, 0.2) is 77.7 Å². The molecule has 0 fully saturated rings. The Morgan fingerprint density at radius 3 is 1.97 bits per heavy atom. The first kappa shape index (κ1) is 23.4. The van der Waals surface area contributed by atoms with E-state index in [0.717, 1.165) is 51.8 Å². The normalized spacial score (nSPS) is 12.2. The Bertz CT molecular complexity index is 1160. The number of benzene rings is 3. The van der Waals surface area contributed by atoms with E-state index in [1.807, 2.05) is 38.1 Å². The zero-order valence-corrected chi connectivity index (χ0v) is 18.6. The van der Waals surface area contributed by atoms with E-state index < -0.39 is 34.1 Å². The summed E-state index contributed by atoms with van der Waals surface area (Å²) in [6.07, 6.45) is 0.607. The average molecular weight is 459 g/mol. The molecule has 0 aliphatic rings. The van der Waals surface area contributed by atoms with Crippen molar-refractivity contribution >= 4 is 21.6 Å². The van der Waals surface area contributed by atoms with Crippen LogP contribution in [0.1, 0.15) is 30.5 Å². The van der Waals surface area contributed by atoms with Gasteiger partial charge in [0.1, 0.15) is 18.2 Å². The smallest absolute Gasteiger partial charge is 0.264 e. The van der Waals surface area contributed by atoms with E-state index in [1.54, 1.807) is 0 Å². The van der Waals surface area contributed by atoms with Gasteiger partial charge in [0.15, 0.2) is 0 Å². The highest BCUT2D eigenvalue weighted by atomic mass is 32.2. The lowest BCUT2D eigenvalue weighted by Gasteiger charge is -2.25. The average Bonchev–Trinajstić information content (AvgIpc) is 2.77. The molecule has 8 heteroatoms. The summed E-state index contributed by atoms with van der Waals surface area (Å²) < 4.78 is 54.1. The number of rotatable bonds is 8. The second-order valence-corrected chi connectivity index (χ2v) is 9.24. The maximum Gasteiger partial charge on any atom is 0.264 e. The van der Waals surface area contributed by atoms with E-state index in [9.17, 15) is 22.0 Å². The minimum absolute atomic E-state index is 0.120. The van der Waals surface area contributed by atoms with Gasteiger partial charge in [0.2, 0.25) is 5.91 Å². The van der Waals surface area contributed by atoms with Crippen molar-refractivity contribution in [1.29, 1.82) is 0 Å². The molecule has 3 aromatic carbocycles. The molecule has 0 spiro atoms. The van der Waals surface area contributed by atoms with E-state index in [0.29, 0.717) is 6.42 Å². The number of anilines is 1. The van der Waals surface area contributed by atoms with Crippen LogP contribution in [0.25, 0.3) is 0 Å². The molecule has 168 valence electrons. The van der Waals surface area contributed by atoms with Crippen LogP contribution >= 0.6 is 0 Å². The minimum Gasteiger partial charge on any atom is -0.348 e. The summed E-state index contributed by atoms with van der Waals surface area (Å²) in [4.78, 5) is 12.7. The highest BCUT2D eigenvalue weighted by Gasteiger charge is 2.28. The standard InChI is InChI=1S/C24H24F2N2O3S/c1-3-23(18-6-4-17(2)5-7-18)27-24(29)16-28(21-12-8-19(25)9-13-21)32(30,31)22-14-10-20(26)11-15-22/h4-15,23H,3,16H2,1-2H3,(H,27,29). The Morgan fingerprint density at radius 1 is 0.906 bits per heavy atom. The number of sulfonamides is 1. The number of nitrogens with one attached hydrogen (secondary N) is 1. The number of carbonyl (C=O) groups excluding carboxylic acids is 1. The van der Waals surface area contributed by atoms with Crippen LogP contribution in [-0.2, 0) is 14.8 Å². The predicted molar refractivity (Wildman–Crippen MR) is 120 cm³/mol. The van der Waals surface area contributed by atoms with Crippen molar-refractivity contribution in [2.24, 2.45) is 0 Å². The van der Waals surface area contributed by atoms with E-state index >= 15 is 0 Å². The molecule has 3 aromatic rings. The summed E-state index contributed by atoms with van der Waals surface area (Å²) in [6, 6.07) is 16.5. The zero-order chi connectivity index (χ0) is 23.3. The highest BCUT2D eigenvalue weighted by molar-refractivity contribution is 7.92. The van der Waals surface area contributed by atoms with Crippen LogP contribution in [0.2, 0.25) is 0 Å². The number of amides is 1. The maximum absolute atomic E-state index is 13.4. The second kappa shape index (κ2) is 9.91. The Morgan fingerprint density at radius 2 is 1.44 bits per heavy atom. The molecule has 0 aliphatic carbocycles. The Hall–Kier alpha value is -3.26. The first-order valence-electron chi connectivity index (χ1n) is 10.1. The third-order valence-electron chi connectivity index (χ3n) is 5.03. The van der Waals surface area contributed by atoms with Crippen LogP contribution in [0, 0.1) is 18.6 Å². The summed E-state index contributed by atoms with van der Waals surface area (Å²) in [6.45, 7) is 3.36. The largest absolute Gasteiger partial charge is 0.348 e. The van der Waals surface area contributed by atoms with Crippen molar-refractivity contribution in [1.82, 2.24) is 5.32 Å². The fraction of sp³-hybridized carbons (Fsp3) is 0.208. The molecule has 0 bridgehead atoms. The first-order chi connectivity index (χ1) is 15.2. The third kappa shape index (κ3) is 5.50. The number of hydrogen-bond donors (Lipinski definition) is 1. The van der Waals surface area contributed by atoms with Crippen molar-refractivity contribution < 1.29 is 22.0 Å². The molecule has 1 amide bonds. The zero-order valence-electron chi connectivity index (χ0n) is 17.8. The Kier molecular flexibility index (Phi) is 7.25. The number of aryl methyl sites for hydroxylation is 1. The summed E-state index contributed by atoms with van der Waals surface area (Å²) >= 11 is 0. The SMILES string of the molecule is CCC(NC(=O)CN(c1ccc(F)cc1)S(=O)(=O)c1ccc(F)cc1)c1ccc(C)cc1. The van der Waals surface area contributed by atoms with Gasteiger partial charge in [-0.2, -0.15) is 0 Å². The molecular formula is C24H24F2N2O3S. The number of hydrogen-bond acceptors (Lipinski definition) is 3. The lowest BCUT2D eigenvalue weighted by molar-refractivity contribution is -0.120. The van der Waals surface area contributed by atoms with Gasteiger partial charge in [-0.15, -0.1) is 0 Å². The summed E-state index contributed by atoms with van der Waals surface area (Å²) in [5.74, 6) is -1.64. The molecule has 0 saturated heterocycles. The molecule has 0 heterocycles. The van der Waals surface area contributed by atoms with Gasteiger partial charge in [0, 0.05) is 0 Å². The molecular weight excluding hydrogens is 434 g/mol. The van der Waals surface area contributed by atoms with Crippen molar-refractivity contribution in [2.75, 3.05) is 10.8 Å². The van der Waals surface area contributed by atoms with Gasteiger partial charge in [-0.25, -0.2) is 17.2 Å². The number of nitrogens with zero attached hydrogens (tertiary/aromatic N) is 1. The van der Waals surface area contributed by atoms with Crippen molar-refractivity contribution in [3.63, 3.8) is 0 Å².